The van der Waals surface area contributed by atoms with E-state index < -0.39 is 0 Å². The quantitative estimate of drug-likeness (QED) is 0.192. The van der Waals surface area contributed by atoms with Crippen molar-refractivity contribution in [1.29, 1.82) is 0 Å². The van der Waals surface area contributed by atoms with Crippen molar-refractivity contribution in [2.75, 3.05) is 5.32 Å². The van der Waals surface area contributed by atoms with Gasteiger partial charge in [0.1, 0.15) is 5.84 Å². The lowest BCUT2D eigenvalue weighted by atomic mass is 9.92. The summed E-state index contributed by atoms with van der Waals surface area (Å²) in [6.45, 7) is 0. The maximum Gasteiger partial charge on any atom is 0.135 e. The topological polar surface area (TPSA) is 49.3 Å². The highest BCUT2D eigenvalue weighted by molar-refractivity contribution is 6.12. The molecule has 0 aliphatic carbocycles. The third kappa shape index (κ3) is 5.42. The van der Waals surface area contributed by atoms with Crippen LogP contribution in [0.3, 0.4) is 0 Å². The van der Waals surface area contributed by atoms with Crippen LogP contribution in [0.4, 0.5) is 5.69 Å². The van der Waals surface area contributed by atoms with Crippen molar-refractivity contribution in [1.82, 2.24) is 10.3 Å². The van der Waals surface area contributed by atoms with Crippen LogP contribution in [-0.4, -0.2) is 10.8 Å². The number of aliphatic imine (C=N–C) groups is 1. The van der Waals surface area contributed by atoms with E-state index in [1.165, 1.54) is 32.7 Å². The number of amidine groups is 1. The molecule has 0 fully saturated rings. The highest BCUT2D eigenvalue weighted by Gasteiger charge is 2.24. The minimum Gasteiger partial charge on any atom is -0.374 e. The molecule has 0 spiro atoms. The zero-order valence-electron chi connectivity index (χ0n) is 28.4. The first-order valence-corrected chi connectivity index (χ1v) is 17.8. The largest absolute Gasteiger partial charge is 0.374 e. The lowest BCUT2D eigenvalue weighted by molar-refractivity contribution is 0.788. The number of anilines is 1. The van der Waals surface area contributed by atoms with Crippen molar-refractivity contribution >= 4 is 55.7 Å². The summed E-state index contributed by atoms with van der Waals surface area (Å²) in [5.41, 5.74) is 10.7. The molecular formula is C48H34N4. The molecule has 246 valence electrons. The molecule has 2 N–H and O–H groups in total. The second kappa shape index (κ2) is 12.5. The van der Waals surface area contributed by atoms with Crippen LogP contribution >= 0.6 is 0 Å². The average molecular weight is 667 g/mol. The van der Waals surface area contributed by atoms with Crippen molar-refractivity contribution in [2.45, 2.75) is 12.1 Å². The fourth-order valence-corrected chi connectivity index (χ4v) is 7.69. The molecule has 7 aromatic carbocycles. The van der Waals surface area contributed by atoms with E-state index in [0.29, 0.717) is 0 Å². The maximum absolute atomic E-state index is 5.44. The third-order valence-corrected chi connectivity index (χ3v) is 10.3. The molecule has 0 bridgehead atoms. The molecular weight excluding hydrogens is 633 g/mol. The smallest absolute Gasteiger partial charge is 0.135 e. The van der Waals surface area contributed by atoms with Crippen LogP contribution in [-0.2, 0) is 0 Å². The van der Waals surface area contributed by atoms with Gasteiger partial charge in [0.25, 0.3) is 0 Å². The first kappa shape index (κ1) is 30.1. The van der Waals surface area contributed by atoms with Gasteiger partial charge in [0, 0.05) is 27.8 Å². The Kier molecular flexibility index (Phi) is 7.24. The number of hydrogen-bond donors (Lipinski definition) is 2. The van der Waals surface area contributed by atoms with Crippen molar-refractivity contribution in [2.24, 2.45) is 4.99 Å². The zero-order chi connectivity index (χ0) is 34.4. The minimum atomic E-state index is -0.113. The number of nitrogens with one attached hydrogen (secondary N) is 2. The van der Waals surface area contributed by atoms with Crippen LogP contribution in [0.2, 0.25) is 0 Å². The fraction of sp³-hybridized carbons (Fsp3) is 0.0417. The SMILES string of the molecule is C1=CC(c2cc(C3=CC(c4cccc5ccccc45)NC(c4cccc5ccccc45)=N3)cc(-c3ccc4ccccc4n3)c2)Nc2ccccc21. The summed E-state index contributed by atoms with van der Waals surface area (Å²) < 4.78 is 0. The summed E-state index contributed by atoms with van der Waals surface area (Å²) in [4.78, 5) is 10.6. The van der Waals surface area contributed by atoms with E-state index in [-0.39, 0.29) is 12.1 Å². The summed E-state index contributed by atoms with van der Waals surface area (Å²) in [6.07, 6.45) is 6.75. The zero-order valence-corrected chi connectivity index (χ0v) is 28.4. The summed E-state index contributed by atoms with van der Waals surface area (Å²) in [5.74, 6) is 0.854. The van der Waals surface area contributed by atoms with Gasteiger partial charge < -0.3 is 10.6 Å². The molecule has 0 radical (unpaired) electrons. The molecule has 4 heteroatoms. The van der Waals surface area contributed by atoms with Gasteiger partial charge in [-0.2, -0.15) is 0 Å². The Bertz CT molecular complexity index is 2760. The Balaban J connectivity index is 1.18. The van der Waals surface area contributed by atoms with Gasteiger partial charge in [0.2, 0.25) is 0 Å². The average Bonchev–Trinajstić information content (AvgIpc) is 3.22. The summed E-state index contributed by atoms with van der Waals surface area (Å²) >= 11 is 0. The number of rotatable bonds is 5. The number of hydrogen-bond acceptors (Lipinski definition) is 4. The molecule has 2 aliphatic heterocycles. The number of aromatic nitrogens is 1. The Morgan fingerprint density at radius 1 is 0.519 bits per heavy atom. The van der Waals surface area contributed by atoms with Gasteiger partial charge in [-0.3, -0.25) is 0 Å². The summed E-state index contributed by atoms with van der Waals surface area (Å²) in [6, 6.07) is 57.9. The molecule has 1 aromatic heterocycles. The van der Waals surface area contributed by atoms with Gasteiger partial charge in [-0.15, -0.1) is 0 Å². The molecule has 0 saturated carbocycles. The van der Waals surface area contributed by atoms with Crippen molar-refractivity contribution in [3.8, 4) is 11.3 Å². The fourth-order valence-electron chi connectivity index (χ4n) is 7.69. The Labute approximate surface area is 302 Å². The standard InChI is InChI=1S/C48H34N4/c1-5-17-38-31(11-1)15-9-19-40(38)47-30-46(51-48(52-47)41-20-10-16-32-12-2-6-18-39(32)41)37-28-35(44-25-23-33-13-3-7-21-42(33)49-44)27-36(29-37)45-26-24-34-14-4-8-22-43(34)50-45/h1-30,44,47,49H,(H,51,52). The van der Waals surface area contributed by atoms with Crippen LogP contribution in [0.15, 0.2) is 181 Å². The van der Waals surface area contributed by atoms with Gasteiger partial charge >= 0.3 is 0 Å². The number of nitrogens with zero attached hydrogens (tertiary/aromatic N) is 2. The molecule has 4 nitrogen and oxygen atoms in total. The maximum atomic E-state index is 5.44. The van der Waals surface area contributed by atoms with Crippen LogP contribution in [0, 0.1) is 0 Å². The monoisotopic (exact) mass is 666 g/mol. The van der Waals surface area contributed by atoms with Crippen LogP contribution in [0.5, 0.6) is 0 Å². The molecule has 2 atom stereocenters. The summed E-state index contributed by atoms with van der Waals surface area (Å²) in [7, 11) is 0. The third-order valence-electron chi connectivity index (χ3n) is 10.3. The predicted molar refractivity (Wildman–Crippen MR) is 217 cm³/mol. The van der Waals surface area contributed by atoms with E-state index in [4.69, 9.17) is 9.98 Å². The Morgan fingerprint density at radius 2 is 1.23 bits per heavy atom. The van der Waals surface area contributed by atoms with E-state index in [2.05, 4.69) is 187 Å². The van der Waals surface area contributed by atoms with Crippen LogP contribution in [0.25, 0.3) is 55.5 Å². The molecule has 3 heterocycles. The van der Waals surface area contributed by atoms with Crippen LogP contribution in [0.1, 0.15) is 39.9 Å². The molecule has 2 aliphatic rings. The number of para-hydroxylation sites is 2. The lowest BCUT2D eigenvalue weighted by Crippen LogP contribution is -2.31. The Morgan fingerprint density at radius 3 is 2.13 bits per heavy atom. The molecule has 8 aromatic rings. The van der Waals surface area contributed by atoms with E-state index in [1.54, 1.807) is 0 Å². The minimum absolute atomic E-state index is 0.0215. The highest BCUT2D eigenvalue weighted by atomic mass is 15.0. The van der Waals surface area contributed by atoms with Gasteiger partial charge in [-0.05, 0) is 80.7 Å². The second-order valence-corrected chi connectivity index (χ2v) is 13.5. The number of fused-ring (bicyclic) bond motifs is 4. The Hall–Kier alpha value is -6.78. The molecule has 52 heavy (non-hydrogen) atoms. The molecule has 2 unspecified atom stereocenters. The van der Waals surface area contributed by atoms with E-state index in [1.807, 2.05) is 6.07 Å². The van der Waals surface area contributed by atoms with Gasteiger partial charge in [-0.25, -0.2) is 9.98 Å². The number of benzene rings is 7. The van der Waals surface area contributed by atoms with E-state index >= 15 is 0 Å². The highest BCUT2D eigenvalue weighted by Crippen LogP contribution is 2.37. The van der Waals surface area contributed by atoms with Crippen molar-refractivity contribution < 1.29 is 0 Å². The van der Waals surface area contributed by atoms with Crippen LogP contribution < -0.4 is 10.6 Å². The van der Waals surface area contributed by atoms with E-state index in [0.717, 1.165) is 56.1 Å². The normalized spacial score (nSPS) is 16.5. The van der Waals surface area contributed by atoms with Gasteiger partial charge in [0.05, 0.1) is 29.0 Å². The van der Waals surface area contributed by atoms with Gasteiger partial charge in [0.15, 0.2) is 0 Å². The first-order chi connectivity index (χ1) is 25.7. The lowest BCUT2D eigenvalue weighted by Gasteiger charge is -2.27. The molecule has 10 rings (SSSR count). The predicted octanol–water partition coefficient (Wildman–Crippen LogP) is 11.5. The van der Waals surface area contributed by atoms with E-state index in [9.17, 15) is 0 Å². The summed E-state index contributed by atoms with van der Waals surface area (Å²) in [5, 5.41) is 13.6. The first-order valence-electron chi connectivity index (χ1n) is 17.8. The molecule has 0 amide bonds. The van der Waals surface area contributed by atoms with Crippen molar-refractivity contribution in [3.05, 3.63) is 204 Å². The number of pyridine rings is 1. The second-order valence-electron chi connectivity index (χ2n) is 13.5. The molecule has 0 saturated heterocycles. The van der Waals surface area contributed by atoms with Gasteiger partial charge in [-0.1, -0.05) is 140 Å². The van der Waals surface area contributed by atoms with Crippen molar-refractivity contribution in [3.63, 3.8) is 0 Å².